The third-order valence-corrected chi connectivity index (χ3v) is 5.15. The van der Waals surface area contributed by atoms with Gasteiger partial charge in [-0.1, -0.05) is 37.8 Å². The molecule has 2 rings (SSSR count). The third kappa shape index (κ3) is 7.61. The zero-order valence-electron chi connectivity index (χ0n) is 17.3. The lowest BCUT2D eigenvalue weighted by Gasteiger charge is -2.13. The minimum Gasteiger partial charge on any atom is -0.357 e. The second-order valence-electron chi connectivity index (χ2n) is 7.63. The number of hydrogen-bond donors (Lipinski definition) is 2. The first kappa shape index (κ1) is 21.3. The van der Waals surface area contributed by atoms with Gasteiger partial charge in [0.05, 0.1) is 0 Å². The number of aliphatic imine (C=N–C) groups is 1. The minimum atomic E-state index is 0.0435. The van der Waals surface area contributed by atoms with E-state index >= 15 is 0 Å². The number of hydrogen-bond acceptors (Lipinski definition) is 2. The lowest BCUT2D eigenvalue weighted by molar-refractivity contribution is 0.0827. The van der Waals surface area contributed by atoms with Crippen molar-refractivity contribution < 1.29 is 4.79 Å². The van der Waals surface area contributed by atoms with Gasteiger partial charge in [-0.25, -0.2) is 0 Å². The molecule has 0 atom stereocenters. The van der Waals surface area contributed by atoms with Crippen LogP contribution in [0.3, 0.4) is 0 Å². The molecular weight excluding hydrogens is 336 g/mol. The fourth-order valence-corrected chi connectivity index (χ4v) is 3.65. The summed E-state index contributed by atoms with van der Waals surface area (Å²) in [6.07, 6.45) is 9.01. The van der Waals surface area contributed by atoms with Gasteiger partial charge in [-0.2, -0.15) is 0 Å². The molecule has 150 valence electrons. The van der Waals surface area contributed by atoms with Crippen LogP contribution >= 0.6 is 0 Å². The van der Waals surface area contributed by atoms with E-state index in [9.17, 15) is 4.79 Å². The first-order valence-electron chi connectivity index (χ1n) is 10.4. The summed E-state index contributed by atoms with van der Waals surface area (Å²) in [5.41, 5.74) is 1.90. The Morgan fingerprint density at radius 3 is 2.70 bits per heavy atom. The van der Waals surface area contributed by atoms with Crippen LogP contribution in [0.1, 0.15) is 61.4 Å². The Balaban J connectivity index is 1.77. The third-order valence-electron chi connectivity index (χ3n) is 5.15. The summed E-state index contributed by atoms with van der Waals surface area (Å²) in [6, 6.07) is 7.87. The van der Waals surface area contributed by atoms with Gasteiger partial charge in [0.25, 0.3) is 5.91 Å². The predicted octanol–water partition coefficient (Wildman–Crippen LogP) is 3.46. The van der Waals surface area contributed by atoms with Crippen molar-refractivity contribution in [2.75, 3.05) is 33.7 Å². The summed E-state index contributed by atoms with van der Waals surface area (Å²) in [5, 5.41) is 6.73. The minimum absolute atomic E-state index is 0.0435. The lowest BCUT2D eigenvalue weighted by atomic mass is 10.0. The van der Waals surface area contributed by atoms with Crippen LogP contribution in [-0.2, 0) is 6.42 Å². The van der Waals surface area contributed by atoms with Crippen LogP contribution in [0.2, 0.25) is 0 Å². The molecular formula is C22H36N4O. The predicted molar refractivity (Wildman–Crippen MR) is 113 cm³/mol. The topological polar surface area (TPSA) is 56.7 Å². The molecule has 0 radical (unpaired) electrons. The van der Waals surface area contributed by atoms with Crippen molar-refractivity contribution in [3.05, 3.63) is 35.4 Å². The normalized spacial score (nSPS) is 15.0. The molecule has 0 unspecified atom stereocenters. The standard InChI is InChI=1S/C22H36N4O/c1-4-23-22(24-15-8-12-18-9-5-6-10-18)25-16-14-19-11-7-13-20(17-19)21(27)26(2)3/h7,11,13,17-18H,4-6,8-10,12,14-16H2,1-3H3,(H2,23,24,25). The average molecular weight is 373 g/mol. The number of guanidine groups is 1. The summed E-state index contributed by atoms with van der Waals surface area (Å²) in [6.45, 7) is 4.64. The number of benzene rings is 1. The van der Waals surface area contributed by atoms with Crippen LogP contribution in [0.25, 0.3) is 0 Å². The monoisotopic (exact) mass is 372 g/mol. The first-order valence-corrected chi connectivity index (χ1v) is 10.4. The van der Waals surface area contributed by atoms with E-state index in [2.05, 4.69) is 23.6 Å². The molecule has 1 aromatic carbocycles. The van der Waals surface area contributed by atoms with Crippen molar-refractivity contribution in [1.29, 1.82) is 0 Å². The maximum Gasteiger partial charge on any atom is 0.253 e. The quantitative estimate of drug-likeness (QED) is 0.396. The Kier molecular flexibility index (Phi) is 9.16. The summed E-state index contributed by atoms with van der Waals surface area (Å²) < 4.78 is 0. The second kappa shape index (κ2) is 11.6. The molecule has 1 saturated carbocycles. The van der Waals surface area contributed by atoms with Gasteiger partial charge in [0.2, 0.25) is 0 Å². The van der Waals surface area contributed by atoms with Crippen LogP contribution in [0, 0.1) is 5.92 Å². The molecule has 1 aromatic rings. The van der Waals surface area contributed by atoms with Gasteiger partial charge in [0, 0.05) is 39.3 Å². The van der Waals surface area contributed by atoms with E-state index in [1.807, 2.05) is 18.2 Å². The van der Waals surface area contributed by atoms with Crippen molar-refractivity contribution in [1.82, 2.24) is 15.5 Å². The maximum absolute atomic E-state index is 12.1. The van der Waals surface area contributed by atoms with Crippen molar-refractivity contribution in [3.63, 3.8) is 0 Å². The highest BCUT2D eigenvalue weighted by atomic mass is 16.2. The molecule has 1 aliphatic carbocycles. The van der Waals surface area contributed by atoms with Crippen LogP contribution < -0.4 is 10.6 Å². The molecule has 0 saturated heterocycles. The smallest absolute Gasteiger partial charge is 0.253 e. The highest BCUT2D eigenvalue weighted by Gasteiger charge is 2.13. The number of nitrogens with zero attached hydrogens (tertiary/aromatic N) is 2. The van der Waals surface area contributed by atoms with E-state index in [1.165, 1.54) is 38.5 Å². The van der Waals surface area contributed by atoms with E-state index in [-0.39, 0.29) is 5.91 Å². The van der Waals surface area contributed by atoms with Gasteiger partial charge in [-0.3, -0.25) is 9.79 Å². The largest absolute Gasteiger partial charge is 0.357 e. The SMILES string of the molecule is CCNC(=NCCCC1CCCC1)NCCc1cccc(C(=O)N(C)C)c1. The average Bonchev–Trinajstić information content (AvgIpc) is 3.18. The molecule has 2 N–H and O–H groups in total. The highest BCUT2D eigenvalue weighted by Crippen LogP contribution is 2.28. The maximum atomic E-state index is 12.1. The molecule has 0 heterocycles. The zero-order valence-corrected chi connectivity index (χ0v) is 17.3. The van der Waals surface area contributed by atoms with E-state index in [1.54, 1.807) is 19.0 Å². The Morgan fingerprint density at radius 1 is 1.22 bits per heavy atom. The number of carbonyl (C=O) groups is 1. The van der Waals surface area contributed by atoms with Crippen LogP contribution in [0.5, 0.6) is 0 Å². The molecule has 0 aromatic heterocycles. The van der Waals surface area contributed by atoms with Gasteiger partial charge < -0.3 is 15.5 Å². The Bertz CT molecular complexity index is 606. The van der Waals surface area contributed by atoms with Crippen molar-refractivity contribution in [2.24, 2.45) is 10.9 Å². The zero-order chi connectivity index (χ0) is 19.5. The fraction of sp³-hybridized carbons (Fsp3) is 0.636. The van der Waals surface area contributed by atoms with Gasteiger partial charge in [-0.15, -0.1) is 0 Å². The van der Waals surface area contributed by atoms with Crippen LogP contribution in [0.4, 0.5) is 0 Å². The van der Waals surface area contributed by atoms with Crippen LogP contribution in [-0.4, -0.2) is 50.5 Å². The van der Waals surface area contributed by atoms with E-state index < -0.39 is 0 Å². The molecule has 5 heteroatoms. The molecule has 0 spiro atoms. The summed E-state index contributed by atoms with van der Waals surface area (Å²) in [5.74, 6) is 1.87. The summed E-state index contributed by atoms with van der Waals surface area (Å²) >= 11 is 0. The molecule has 0 bridgehead atoms. The van der Waals surface area contributed by atoms with Crippen molar-refractivity contribution in [2.45, 2.75) is 51.9 Å². The molecule has 0 aliphatic heterocycles. The van der Waals surface area contributed by atoms with Crippen molar-refractivity contribution >= 4 is 11.9 Å². The van der Waals surface area contributed by atoms with E-state index in [4.69, 9.17) is 4.99 Å². The number of rotatable bonds is 9. The number of carbonyl (C=O) groups excluding carboxylic acids is 1. The van der Waals surface area contributed by atoms with Gasteiger partial charge >= 0.3 is 0 Å². The highest BCUT2D eigenvalue weighted by molar-refractivity contribution is 5.94. The van der Waals surface area contributed by atoms with Gasteiger partial charge in [0.1, 0.15) is 0 Å². The summed E-state index contributed by atoms with van der Waals surface area (Å²) in [7, 11) is 3.56. The van der Waals surface area contributed by atoms with E-state index in [0.29, 0.717) is 0 Å². The summed E-state index contributed by atoms with van der Waals surface area (Å²) in [4.78, 5) is 18.4. The molecule has 1 amide bonds. The van der Waals surface area contributed by atoms with Gasteiger partial charge in [0.15, 0.2) is 5.96 Å². The lowest BCUT2D eigenvalue weighted by Crippen LogP contribution is -2.38. The fourth-order valence-electron chi connectivity index (χ4n) is 3.65. The van der Waals surface area contributed by atoms with Crippen LogP contribution in [0.15, 0.2) is 29.3 Å². The number of nitrogens with one attached hydrogen (secondary N) is 2. The molecule has 1 fully saturated rings. The molecule has 27 heavy (non-hydrogen) atoms. The Morgan fingerprint density at radius 2 is 2.00 bits per heavy atom. The Labute approximate surface area is 164 Å². The second-order valence-corrected chi connectivity index (χ2v) is 7.63. The number of amides is 1. The van der Waals surface area contributed by atoms with Gasteiger partial charge in [-0.05, 0) is 49.8 Å². The Hall–Kier alpha value is -2.04. The molecule has 5 nitrogen and oxygen atoms in total. The van der Waals surface area contributed by atoms with Crippen molar-refractivity contribution in [3.8, 4) is 0 Å². The molecule has 1 aliphatic rings. The van der Waals surface area contributed by atoms with E-state index in [0.717, 1.165) is 49.1 Å². The first-order chi connectivity index (χ1) is 13.1.